The van der Waals surface area contributed by atoms with Crippen LogP contribution in [0.3, 0.4) is 0 Å². The number of ketones is 1. The van der Waals surface area contributed by atoms with E-state index in [0.29, 0.717) is 24.5 Å². The lowest BCUT2D eigenvalue weighted by Crippen LogP contribution is -2.54. The van der Waals surface area contributed by atoms with Crippen molar-refractivity contribution in [3.05, 3.63) is 11.6 Å². The number of Topliss-reactive ketones (excluding diaryl/α,β-unsaturated/α-hetero) is 1. The Kier molecular flexibility index (Phi) is 3.51. The second-order valence-corrected chi connectivity index (χ2v) is 9.08. The number of carbonyl (C=O) groups is 2. The summed E-state index contributed by atoms with van der Waals surface area (Å²) in [6.07, 6.45) is 7.28. The van der Waals surface area contributed by atoms with E-state index in [1.165, 1.54) is 0 Å². The number of hydrogen-bond donors (Lipinski definition) is 2. The summed E-state index contributed by atoms with van der Waals surface area (Å²) in [6.45, 7) is 4.36. The van der Waals surface area contributed by atoms with E-state index in [0.717, 1.165) is 37.7 Å². The minimum Gasteiger partial charge on any atom is -0.481 e. The van der Waals surface area contributed by atoms with Gasteiger partial charge in [-0.1, -0.05) is 25.5 Å². The van der Waals surface area contributed by atoms with E-state index in [9.17, 15) is 19.8 Å². The third-order valence-corrected chi connectivity index (χ3v) is 8.13. The van der Waals surface area contributed by atoms with Crippen LogP contribution in [0.5, 0.6) is 0 Å². The van der Waals surface area contributed by atoms with Crippen LogP contribution in [-0.4, -0.2) is 28.1 Å². The van der Waals surface area contributed by atoms with Gasteiger partial charge in [0.2, 0.25) is 0 Å². The molecular weight excluding hydrogens is 304 g/mol. The lowest BCUT2D eigenvalue weighted by molar-refractivity contribution is -0.151. The highest BCUT2D eigenvalue weighted by molar-refractivity contribution is 5.87. The fraction of sp³-hybridized carbons (Fsp3) is 0.800. The Hall–Kier alpha value is -1.16. The average Bonchev–Trinajstić information content (AvgIpc) is 2.83. The zero-order valence-corrected chi connectivity index (χ0v) is 14.6. The maximum Gasteiger partial charge on any atom is 0.310 e. The van der Waals surface area contributed by atoms with Crippen molar-refractivity contribution in [2.75, 3.05) is 0 Å². The van der Waals surface area contributed by atoms with Gasteiger partial charge in [-0.2, -0.15) is 0 Å². The number of rotatable bonds is 1. The minimum absolute atomic E-state index is 0.00279. The van der Waals surface area contributed by atoms with Crippen molar-refractivity contribution in [3.63, 3.8) is 0 Å². The van der Waals surface area contributed by atoms with Crippen molar-refractivity contribution < 1.29 is 19.8 Å². The van der Waals surface area contributed by atoms with Crippen LogP contribution >= 0.6 is 0 Å². The van der Waals surface area contributed by atoms with E-state index in [2.05, 4.69) is 13.8 Å². The normalized spacial score (nSPS) is 50.5. The van der Waals surface area contributed by atoms with Crippen LogP contribution in [0.1, 0.15) is 58.8 Å². The van der Waals surface area contributed by atoms with Crippen molar-refractivity contribution in [3.8, 4) is 0 Å². The molecule has 2 N–H and O–H groups in total. The molecule has 4 rings (SSSR count). The molecule has 7 atom stereocenters. The lowest BCUT2D eigenvalue weighted by Gasteiger charge is -2.58. The molecule has 0 aromatic carbocycles. The van der Waals surface area contributed by atoms with E-state index in [4.69, 9.17) is 0 Å². The number of carbonyl (C=O) groups excluding carboxylic acids is 1. The predicted octanol–water partition coefficient (Wildman–Crippen LogP) is 3.19. The summed E-state index contributed by atoms with van der Waals surface area (Å²) >= 11 is 0. The van der Waals surface area contributed by atoms with Crippen molar-refractivity contribution in [2.24, 2.45) is 34.5 Å². The second kappa shape index (κ2) is 5.17. The number of carboxylic acid groups (broad SMARTS) is 1. The molecule has 4 aliphatic carbocycles. The van der Waals surface area contributed by atoms with Gasteiger partial charge in [-0.3, -0.25) is 9.59 Å². The molecule has 0 saturated heterocycles. The number of aliphatic hydroxyl groups is 1. The SMILES string of the molecule is C[C@]12CC[C@H](O)CC1=CC(C(=O)O)[C@@H]1[C@@H]2CC[C@]2(C)C(=O)CC[C@@H]12. The number of aliphatic hydroxyl groups excluding tert-OH is 1. The van der Waals surface area contributed by atoms with Gasteiger partial charge < -0.3 is 10.2 Å². The van der Waals surface area contributed by atoms with Gasteiger partial charge in [-0.25, -0.2) is 0 Å². The molecule has 0 aromatic rings. The van der Waals surface area contributed by atoms with Crippen molar-refractivity contribution in [1.82, 2.24) is 0 Å². The second-order valence-electron chi connectivity index (χ2n) is 9.08. The Morgan fingerprint density at radius 3 is 2.50 bits per heavy atom. The molecule has 1 unspecified atom stereocenters. The summed E-state index contributed by atoms with van der Waals surface area (Å²) < 4.78 is 0. The molecular formula is C20H28O4. The van der Waals surface area contributed by atoms with Crippen LogP contribution in [0.15, 0.2) is 11.6 Å². The average molecular weight is 332 g/mol. The van der Waals surface area contributed by atoms with Crippen LogP contribution in [0.25, 0.3) is 0 Å². The topological polar surface area (TPSA) is 74.6 Å². The molecule has 0 spiro atoms. The van der Waals surface area contributed by atoms with Gasteiger partial charge in [-0.15, -0.1) is 0 Å². The van der Waals surface area contributed by atoms with Crippen LogP contribution in [-0.2, 0) is 9.59 Å². The Morgan fingerprint density at radius 2 is 1.79 bits per heavy atom. The Labute approximate surface area is 143 Å². The number of hydrogen-bond acceptors (Lipinski definition) is 3. The molecule has 0 aliphatic heterocycles. The lowest BCUT2D eigenvalue weighted by atomic mass is 9.46. The molecule has 0 heterocycles. The van der Waals surface area contributed by atoms with Gasteiger partial charge in [0.1, 0.15) is 5.78 Å². The van der Waals surface area contributed by atoms with Gasteiger partial charge in [-0.05, 0) is 61.7 Å². The molecule has 0 amide bonds. The molecule has 0 bridgehead atoms. The first-order valence-corrected chi connectivity index (χ1v) is 9.43. The number of aliphatic carboxylic acids is 1. The van der Waals surface area contributed by atoms with Crippen LogP contribution in [0.2, 0.25) is 0 Å². The molecule has 4 aliphatic rings. The third-order valence-electron chi connectivity index (χ3n) is 8.13. The Morgan fingerprint density at radius 1 is 1.12 bits per heavy atom. The third kappa shape index (κ3) is 2.01. The summed E-state index contributed by atoms with van der Waals surface area (Å²) in [5.74, 6) is -0.325. The fourth-order valence-electron chi connectivity index (χ4n) is 6.67. The summed E-state index contributed by atoms with van der Waals surface area (Å²) in [7, 11) is 0. The standard InChI is InChI=1S/C20H28O4/c1-19-7-5-12(21)9-11(19)10-13(18(23)24)17-14-3-4-16(22)20(14,2)8-6-15(17)19/h10,12-15,17,21H,3-9H2,1-2H3,(H,23,24)/t12-,13?,14-,15-,17-,19-,20-/m0/s1. The smallest absolute Gasteiger partial charge is 0.310 e. The highest BCUT2D eigenvalue weighted by Gasteiger charge is 2.61. The van der Waals surface area contributed by atoms with Crippen LogP contribution in [0, 0.1) is 34.5 Å². The summed E-state index contributed by atoms with van der Waals surface area (Å²) in [6, 6.07) is 0. The maximum absolute atomic E-state index is 12.5. The molecule has 3 saturated carbocycles. The maximum atomic E-state index is 12.5. The van der Waals surface area contributed by atoms with E-state index in [1.54, 1.807) is 0 Å². The zero-order chi connectivity index (χ0) is 17.3. The monoisotopic (exact) mass is 332 g/mol. The Balaban J connectivity index is 1.81. The molecule has 4 heteroatoms. The first-order valence-electron chi connectivity index (χ1n) is 9.43. The van der Waals surface area contributed by atoms with Gasteiger partial charge >= 0.3 is 5.97 Å². The molecule has 0 aromatic heterocycles. The van der Waals surface area contributed by atoms with E-state index in [1.807, 2.05) is 6.08 Å². The van der Waals surface area contributed by atoms with E-state index < -0.39 is 11.9 Å². The largest absolute Gasteiger partial charge is 0.481 e. The highest BCUT2D eigenvalue weighted by atomic mass is 16.4. The van der Waals surface area contributed by atoms with Crippen LogP contribution in [0.4, 0.5) is 0 Å². The van der Waals surface area contributed by atoms with Crippen molar-refractivity contribution in [1.29, 1.82) is 0 Å². The number of fused-ring (bicyclic) bond motifs is 5. The van der Waals surface area contributed by atoms with E-state index >= 15 is 0 Å². The fourth-order valence-corrected chi connectivity index (χ4v) is 6.67. The van der Waals surface area contributed by atoms with Crippen LogP contribution < -0.4 is 0 Å². The first-order chi connectivity index (χ1) is 11.3. The van der Waals surface area contributed by atoms with Gasteiger partial charge in [0, 0.05) is 11.8 Å². The molecule has 4 nitrogen and oxygen atoms in total. The summed E-state index contributed by atoms with van der Waals surface area (Å²) in [5, 5.41) is 20.0. The molecule has 0 radical (unpaired) electrons. The number of carboxylic acids is 1. The first kappa shape index (κ1) is 16.3. The molecule has 3 fully saturated rings. The highest BCUT2D eigenvalue weighted by Crippen LogP contribution is 2.65. The van der Waals surface area contributed by atoms with Gasteiger partial charge in [0.15, 0.2) is 0 Å². The minimum atomic E-state index is -0.761. The molecule has 132 valence electrons. The Bertz CT molecular complexity index is 623. The quantitative estimate of drug-likeness (QED) is 0.723. The van der Waals surface area contributed by atoms with Gasteiger partial charge in [0.25, 0.3) is 0 Å². The van der Waals surface area contributed by atoms with Crippen molar-refractivity contribution in [2.45, 2.75) is 64.9 Å². The van der Waals surface area contributed by atoms with Crippen molar-refractivity contribution >= 4 is 11.8 Å². The summed E-state index contributed by atoms with van der Waals surface area (Å²) in [5.41, 5.74) is 0.843. The van der Waals surface area contributed by atoms with Gasteiger partial charge in [0.05, 0.1) is 12.0 Å². The molecule has 24 heavy (non-hydrogen) atoms. The zero-order valence-electron chi connectivity index (χ0n) is 14.6. The summed E-state index contributed by atoms with van der Waals surface area (Å²) in [4.78, 5) is 24.5. The predicted molar refractivity (Wildman–Crippen MR) is 89.2 cm³/mol. The van der Waals surface area contributed by atoms with E-state index in [-0.39, 0.29) is 28.8 Å².